The van der Waals surface area contributed by atoms with Crippen LogP contribution in [-0.4, -0.2) is 46.8 Å². The van der Waals surface area contributed by atoms with E-state index in [1.807, 2.05) is 12.1 Å². The highest BCUT2D eigenvalue weighted by Gasteiger charge is 2.58. The fourth-order valence-electron chi connectivity index (χ4n) is 5.40. The molecule has 4 rings (SSSR count). The van der Waals surface area contributed by atoms with Crippen LogP contribution in [0.15, 0.2) is 24.3 Å². The molecule has 24 heavy (non-hydrogen) atoms. The third kappa shape index (κ3) is 1.80. The second kappa shape index (κ2) is 5.07. The van der Waals surface area contributed by atoms with Crippen LogP contribution >= 0.6 is 0 Å². The van der Waals surface area contributed by atoms with Crippen molar-refractivity contribution in [2.24, 2.45) is 17.6 Å². The summed E-state index contributed by atoms with van der Waals surface area (Å²) in [5.41, 5.74) is 7.18. The molecule has 5 atom stereocenters. The van der Waals surface area contributed by atoms with Crippen LogP contribution in [0.1, 0.15) is 34.8 Å². The molecule has 2 aliphatic carbocycles. The van der Waals surface area contributed by atoms with Gasteiger partial charge in [-0.25, -0.2) is 0 Å². The third-order valence-corrected chi connectivity index (χ3v) is 6.72. The van der Waals surface area contributed by atoms with Crippen LogP contribution in [0.3, 0.4) is 0 Å². The van der Waals surface area contributed by atoms with E-state index in [4.69, 9.17) is 5.73 Å². The third-order valence-electron chi connectivity index (χ3n) is 6.72. The Morgan fingerprint density at radius 2 is 2.12 bits per heavy atom. The maximum Gasteiger partial charge on any atom is 0.252 e. The standard InChI is InChI=1S/C19H24N2O3/c1-10-15(22)6-5-13-14-9-11-3-4-12(18(20)24)17(23)16(11)19(10,13)7-8-21(14)2/h3-6,10,13-15,22-23H,7-9H2,1-2H3,(H2,20,24)/t10?,13-,14+,15-,19-/m0/s1. The van der Waals surface area contributed by atoms with E-state index in [1.165, 1.54) is 0 Å². The minimum atomic E-state index is -0.613. The number of carbonyl (C=O) groups is 1. The van der Waals surface area contributed by atoms with E-state index in [0.717, 1.165) is 30.5 Å². The Bertz CT molecular complexity index is 744. The molecular formula is C19H24N2O3. The molecule has 5 nitrogen and oxygen atoms in total. The van der Waals surface area contributed by atoms with Gasteiger partial charge in [0, 0.05) is 22.9 Å². The zero-order valence-corrected chi connectivity index (χ0v) is 14.1. The SMILES string of the molecule is CC1[C@@H](O)C=C[C@H]2[C@H]3Cc4ccc(C(N)=O)c(O)c4[C@@]12CCN3C. The average molecular weight is 328 g/mol. The Labute approximate surface area is 141 Å². The molecule has 1 aromatic carbocycles. The molecule has 0 radical (unpaired) electrons. The normalized spacial score (nSPS) is 37.6. The highest BCUT2D eigenvalue weighted by Crippen LogP contribution is 2.58. The van der Waals surface area contributed by atoms with Crippen molar-refractivity contribution in [1.82, 2.24) is 4.90 Å². The molecule has 4 N–H and O–H groups in total. The Morgan fingerprint density at radius 3 is 2.83 bits per heavy atom. The van der Waals surface area contributed by atoms with Gasteiger partial charge in [-0.2, -0.15) is 0 Å². The van der Waals surface area contributed by atoms with Crippen LogP contribution < -0.4 is 5.73 Å². The van der Waals surface area contributed by atoms with Gasteiger partial charge in [0.15, 0.2) is 0 Å². The molecule has 0 aromatic heterocycles. The van der Waals surface area contributed by atoms with E-state index in [2.05, 4.69) is 24.9 Å². The molecule has 0 saturated carbocycles. The first kappa shape index (κ1) is 15.7. The zero-order valence-electron chi connectivity index (χ0n) is 14.1. The number of nitrogens with zero attached hydrogens (tertiary/aromatic N) is 1. The molecule has 1 fully saturated rings. The van der Waals surface area contributed by atoms with E-state index in [0.29, 0.717) is 6.04 Å². The second-order valence-electron chi connectivity index (χ2n) is 7.59. The fourth-order valence-corrected chi connectivity index (χ4v) is 5.40. The fraction of sp³-hybridized carbons (Fsp3) is 0.526. The Kier molecular flexibility index (Phi) is 3.31. The molecule has 1 aliphatic heterocycles. The van der Waals surface area contributed by atoms with Crippen LogP contribution in [0.25, 0.3) is 0 Å². The number of fused-ring (bicyclic) bond motifs is 1. The summed E-state index contributed by atoms with van der Waals surface area (Å²) in [5.74, 6) is -0.409. The summed E-state index contributed by atoms with van der Waals surface area (Å²) in [4.78, 5) is 14.1. The number of hydrogen-bond donors (Lipinski definition) is 3. The molecule has 3 aliphatic rings. The Balaban J connectivity index is 2.02. The maximum absolute atomic E-state index is 11.7. The number of aliphatic hydroxyl groups excluding tert-OH is 1. The lowest BCUT2D eigenvalue weighted by Crippen LogP contribution is -2.63. The summed E-state index contributed by atoms with van der Waals surface area (Å²) in [7, 11) is 2.14. The lowest BCUT2D eigenvalue weighted by Gasteiger charge is -2.60. The summed E-state index contributed by atoms with van der Waals surface area (Å²) in [5, 5.41) is 21.4. The van der Waals surface area contributed by atoms with E-state index in [1.54, 1.807) is 6.07 Å². The largest absolute Gasteiger partial charge is 0.507 e. The number of hydrogen-bond acceptors (Lipinski definition) is 4. The monoisotopic (exact) mass is 328 g/mol. The summed E-state index contributed by atoms with van der Waals surface area (Å²) in [6.45, 7) is 2.96. The summed E-state index contributed by atoms with van der Waals surface area (Å²) in [6.07, 6.45) is 5.13. The van der Waals surface area contributed by atoms with E-state index < -0.39 is 12.0 Å². The molecule has 1 saturated heterocycles. The van der Waals surface area contributed by atoms with E-state index in [9.17, 15) is 15.0 Å². The number of aliphatic hydroxyl groups is 1. The zero-order chi connectivity index (χ0) is 17.2. The number of amides is 1. The summed E-state index contributed by atoms with van der Waals surface area (Å²) >= 11 is 0. The van der Waals surface area contributed by atoms with Crippen molar-refractivity contribution in [3.8, 4) is 5.75 Å². The van der Waals surface area contributed by atoms with E-state index >= 15 is 0 Å². The number of likely N-dealkylation sites (N-methyl/N-ethyl adjacent to an activating group) is 1. The van der Waals surface area contributed by atoms with Gasteiger partial charge in [0.05, 0.1) is 11.7 Å². The highest BCUT2D eigenvalue weighted by atomic mass is 16.3. The molecule has 5 heteroatoms. The first-order valence-corrected chi connectivity index (χ1v) is 8.59. The number of piperidine rings is 1. The first-order chi connectivity index (χ1) is 11.4. The van der Waals surface area contributed by atoms with Crippen molar-refractivity contribution < 1.29 is 15.0 Å². The van der Waals surface area contributed by atoms with Crippen LogP contribution in [-0.2, 0) is 11.8 Å². The number of likely N-dealkylation sites (tertiary alicyclic amines) is 1. The van der Waals surface area contributed by atoms with Crippen molar-refractivity contribution in [3.63, 3.8) is 0 Å². The number of benzene rings is 1. The molecule has 1 heterocycles. The van der Waals surface area contributed by atoms with Crippen LogP contribution in [0.5, 0.6) is 5.75 Å². The number of aromatic hydroxyl groups is 1. The lowest BCUT2D eigenvalue weighted by atomic mass is 9.49. The van der Waals surface area contributed by atoms with E-state index in [-0.39, 0.29) is 28.6 Å². The summed E-state index contributed by atoms with van der Waals surface area (Å²) in [6, 6.07) is 3.90. The molecule has 1 amide bonds. The van der Waals surface area contributed by atoms with Crippen molar-refractivity contribution in [2.45, 2.75) is 37.3 Å². The number of primary amides is 1. The second-order valence-corrected chi connectivity index (χ2v) is 7.59. The topological polar surface area (TPSA) is 86.8 Å². The number of phenols is 1. The Morgan fingerprint density at radius 1 is 1.38 bits per heavy atom. The lowest BCUT2D eigenvalue weighted by molar-refractivity contribution is -0.0204. The number of carbonyl (C=O) groups excluding carboxylic acids is 1. The Hall–Kier alpha value is -1.85. The van der Waals surface area contributed by atoms with Crippen molar-refractivity contribution in [3.05, 3.63) is 41.0 Å². The first-order valence-electron chi connectivity index (χ1n) is 8.59. The minimum absolute atomic E-state index is 0.0161. The van der Waals surface area contributed by atoms with Crippen molar-refractivity contribution >= 4 is 5.91 Å². The molecule has 2 bridgehead atoms. The quantitative estimate of drug-likeness (QED) is 0.676. The van der Waals surface area contributed by atoms with Crippen LogP contribution in [0, 0.1) is 11.8 Å². The maximum atomic E-state index is 11.7. The minimum Gasteiger partial charge on any atom is -0.507 e. The molecule has 0 spiro atoms. The highest BCUT2D eigenvalue weighted by molar-refractivity contribution is 5.96. The van der Waals surface area contributed by atoms with Gasteiger partial charge in [-0.1, -0.05) is 25.1 Å². The molecule has 1 unspecified atom stereocenters. The number of rotatable bonds is 1. The predicted molar refractivity (Wildman–Crippen MR) is 90.8 cm³/mol. The van der Waals surface area contributed by atoms with Gasteiger partial charge >= 0.3 is 0 Å². The van der Waals surface area contributed by atoms with Gasteiger partial charge in [-0.3, -0.25) is 4.79 Å². The van der Waals surface area contributed by atoms with Crippen molar-refractivity contribution in [2.75, 3.05) is 13.6 Å². The van der Waals surface area contributed by atoms with Gasteiger partial charge in [-0.15, -0.1) is 0 Å². The van der Waals surface area contributed by atoms with Crippen LogP contribution in [0.2, 0.25) is 0 Å². The smallest absolute Gasteiger partial charge is 0.252 e. The van der Waals surface area contributed by atoms with Gasteiger partial charge in [-0.05, 0) is 44.0 Å². The molecule has 128 valence electrons. The predicted octanol–water partition coefficient (Wildman–Crippen LogP) is 1.17. The van der Waals surface area contributed by atoms with Crippen molar-refractivity contribution in [1.29, 1.82) is 0 Å². The van der Waals surface area contributed by atoms with Gasteiger partial charge in [0.2, 0.25) is 0 Å². The van der Waals surface area contributed by atoms with Crippen LogP contribution in [0.4, 0.5) is 0 Å². The van der Waals surface area contributed by atoms with Gasteiger partial charge in [0.1, 0.15) is 5.75 Å². The van der Waals surface area contributed by atoms with Gasteiger partial charge < -0.3 is 20.8 Å². The summed E-state index contributed by atoms with van der Waals surface area (Å²) < 4.78 is 0. The number of nitrogens with two attached hydrogens (primary N) is 1. The molecule has 1 aromatic rings. The van der Waals surface area contributed by atoms with Gasteiger partial charge in [0.25, 0.3) is 5.91 Å². The molecular weight excluding hydrogens is 304 g/mol. The average Bonchev–Trinajstić information content (AvgIpc) is 2.54.